The fourth-order valence-electron chi connectivity index (χ4n) is 3.47. The quantitative estimate of drug-likeness (QED) is 0.772. The first-order valence-corrected chi connectivity index (χ1v) is 7.25. The highest BCUT2D eigenvalue weighted by Crippen LogP contribution is 2.28. The molecular formula is C14H28N2. The van der Waals surface area contributed by atoms with Crippen LogP contribution in [-0.2, 0) is 0 Å². The van der Waals surface area contributed by atoms with Crippen LogP contribution in [0.4, 0.5) is 0 Å². The van der Waals surface area contributed by atoms with Crippen molar-refractivity contribution in [3.63, 3.8) is 0 Å². The first-order valence-electron chi connectivity index (χ1n) is 7.25. The van der Waals surface area contributed by atoms with Gasteiger partial charge in [-0.05, 0) is 57.8 Å². The largest absolute Gasteiger partial charge is 0.319 e. The van der Waals surface area contributed by atoms with Gasteiger partial charge in [0.25, 0.3) is 0 Å². The summed E-state index contributed by atoms with van der Waals surface area (Å²) in [5.74, 6) is 1.96. The predicted molar refractivity (Wildman–Crippen MR) is 69.7 cm³/mol. The summed E-state index contributed by atoms with van der Waals surface area (Å²) in [6, 6.07) is 0. The van der Waals surface area contributed by atoms with Gasteiger partial charge in [-0.15, -0.1) is 0 Å². The van der Waals surface area contributed by atoms with E-state index in [1.165, 1.54) is 71.1 Å². The molecule has 2 nitrogen and oxygen atoms in total. The van der Waals surface area contributed by atoms with Crippen LogP contribution < -0.4 is 5.32 Å². The Hall–Kier alpha value is -0.0800. The van der Waals surface area contributed by atoms with Crippen LogP contribution in [0.3, 0.4) is 0 Å². The number of nitrogens with one attached hydrogen (secondary N) is 1. The van der Waals surface area contributed by atoms with Gasteiger partial charge in [-0.1, -0.05) is 25.7 Å². The van der Waals surface area contributed by atoms with Gasteiger partial charge in [0.05, 0.1) is 0 Å². The molecule has 2 aliphatic rings. The van der Waals surface area contributed by atoms with Crippen LogP contribution >= 0.6 is 0 Å². The third kappa shape index (κ3) is 3.74. The number of hydrogen-bond acceptors (Lipinski definition) is 2. The van der Waals surface area contributed by atoms with Crippen molar-refractivity contribution in [1.82, 2.24) is 10.2 Å². The molecule has 1 saturated carbocycles. The van der Waals surface area contributed by atoms with E-state index in [-0.39, 0.29) is 0 Å². The molecule has 1 atom stereocenters. The lowest BCUT2D eigenvalue weighted by molar-refractivity contribution is 0.164. The van der Waals surface area contributed by atoms with E-state index < -0.39 is 0 Å². The van der Waals surface area contributed by atoms with E-state index in [9.17, 15) is 0 Å². The Morgan fingerprint density at radius 1 is 1.06 bits per heavy atom. The van der Waals surface area contributed by atoms with Crippen molar-refractivity contribution in [2.24, 2.45) is 11.8 Å². The average Bonchev–Trinajstić information content (AvgIpc) is 2.80. The first-order chi connectivity index (χ1) is 7.88. The van der Waals surface area contributed by atoms with Crippen LogP contribution in [0.1, 0.15) is 44.9 Å². The Kier molecular flexibility index (Phi) is 5.11. The van der Waals surface area contributed by atoms with Gasteiger partial charge < -0.3 is 10.2 Å². The van der Waals surface area contributed by atoms with Gasteiger partial charge >= 0.3 is 0 Å². The second kappa shape index (κ2) is 6.61. The number of hydrogen-bond donors (Lipinski definition) is 1. The van der Waals surface area contributed by atoms with Crippen LogP contribution in [0.2, 0.25) is 0 Å². The van der Waals surface area contributed by atoms with Crippen molar-refractivity contribution in [2.75, 3.05) is 33.2 Å². The number of likely N-dealkylation sites (tertiary alicyclic amines) is 1. The molecule has 0 spiro atoms. The lowest BCUT2D eigenvalue weighted by Gasteiger charge is -2.33. The van der Waals surface area contributed by atoms with E-state index in [0.717, 1.165) is 11.8 Å². The first kappa shape index (κ1) is 12.4. The fraction of sp³-hybridized carbons (Fsp3) is 1.00. The van der Waals surface area contributed by atoms with Crippen LogP contribution in [0, 0.1) is 11.8 Å². The van der Waals surface area contributed by atoms with Gasteiger partial charge in [-0.3, -0.25) is 0 Å². The zero-order chi connectivity index (χ0) is 11.2. The fourth-order valence-corrected chi connectivity index (χ4v) is 3.47. The van der Waals surface area contributed by atoms with Gasteiger partial charge in [0.15, 0.2) is 0 Å². The summed E-state index contributed by atoms with van der Waals surface area (Å²) in [6.45, 7) is 5.27. The lowest BCUT2D eigenvalue weighted by Crippen LogP contribution is -2.39. The summed E-state index contributed by atoms with van der Waals surface area (Å²) in [6.07, 6.45) is 10.3. The normalized spacial score (nSPS) is 28.7. The van der Waals surface area contributed by atoms with Crippen molar-refractivity contribution < 1.29 is 0 Å². The zero-order valence-electron chi connectivity index (χ0n) is 10.9. The monoisotopic (exact) mass is 224 g/mol. The minimum atomic E-state index is 0.905. The van der Waals surface area contributed by atoms with Crippen LogP contribution in [0.15, 0.2) is 0 Å². The second-order valence-corrected chi connectivity index (χ2v) is 5.81. The van der Waals surface area contributed by atoms with Gasteiger partial charge in [0, 0.05) is 6.54 Å². The van der Waals surface area contributed by atoms with Crippen molar-refractivity contribution in [3.8, 4) is 0 Å². The molecule has 1 N–H and O–H groups in total. The number of nitrogens with zero attached hydrogens (tertiary/aromatic N) is 1. The predicted octanol–water partition coefficient (Wildman–Crippen LogP) is 2.50. The Morgan fingerprint density at radius 2 is 1.81 bits per heavy atom. The molecule has 0 aromatic carbocycles. The summed E-state index contributed by atoms with van der Waals surface area (Å²) in [5, 5.41) is 3.33. The van der Waals surface area contributed by atoms with Crippen molar-refractivity contribution in [3.05, 3.63) is 0 Å². The summed E-state index contributed by atoms with van der Waals surface area (Å²) in [7, 11) is 2.08. The smallest absolute Gasteiger partial charge is 0.00218 e. The van der Waals surface area contributed by atoms with Crippen molar-refractivity contribution in [2.45, 2.75) is 44.9 Å². The topological polar surface area (TPSA) is 15.3 Å². The van der Waals surface area contributed by atoms with Gasteiger partial charge in [-0.2, -0.15) is 0 Å². The molecule has 1 aliphatic heterocycles. The van der Waals surface area contributed by atoms with Crippen molar-refractivity contribution >= 4 is 0 Å². The maximum Gasteiger partial charge on any atom is 0.00218 e. The Morgan fingerprint density at radius 3 is 2.56 bits per heavy atom. The molecule has 1 heterocycles. The molecule has 94 valence electrons. The molecule has 0 bridgehead atoms. The van der Waals surface area contributed by atoms with Crippen LogP contribution in [0.5, 0.6) is 0 Å². The molecular weight excluding hydrogens is 196 g/mol. The Balaban J connectivity index is 1.64. The van der Waals surface area contributed by atoms with E-state index in [1.54, 1.807) is 0 Å². The molecule has 0 aromatic rings. The van der Waals surface area contributed by atoms with E-state index >= 15 is 0 Å². The molecule has 2 rings (SSSR count). The molecule has 1 unspecified atom stereocenters. The molecule has 0 amide bonds. The standard InChI is InChI=1S/C14H28N2/c1-15-11-14-7-4-9-16(12-14)10-8-13-5-2-3-6-13/h13-15H,2-12H2,1H3. The van der Waals surface area contributed by atoms with Gasteiger partial charge in [0.1, 0.15) is 0 Å². The van der Waals surface area contributed by atoms with E-state index in [4.69, 9.17) is 0 Å². The van der Waals surface area contributed by atoms with Crippen molar-refractivity contribution in [1.29, 1.82) is 0 Å². The molecule has 2 heteroatoms. The van der Waals surface area contributed by atoms with E-state index in [0.29, 0.717) is 0 Å². The molecule has 1 saturated heterocycles. The third-order valence-corrected chi connectivity index (χ3v) is 4.42. The van der Waals surface area contributed by atoms with E-state index in [2.05, 4.69) is 17.3 Å². The summed E-state index contributed by atoms with van der Waals surface area (Å²) in [5.41, 5.74) is 0. The maximum atomic E-state index is 3.33. The summed E-state index contributed by atoms with van der Waals surface area (Å²) >= 11 is 0. The summed E-state index contributed by atoms with van der Waals surface area (Å²) in [4.78, 5) is 2.71. The number of piperidine rings is 1. The van der Waals surface area contributed by atoms with Gasteiger partial charge in [-0.25, -0.2) is 0 Å². The van der Waals surface area contributed by atoms with Crippen LogP contribution in [-0.4, -0.2) is 38.1 Å². The van der Waals surface area contributed by atoms with E-state index in [1.807, 2.05) is 0 Å². The Bertz CT molecular complexity index is 185. The lowest BCUT2D eigenvalue weighted by atomic mass is 9.96. The minimum absolute atomic E-state index is 0.905. The molecule has 16 heavy (non-hydrogen) atoms. The van der Waals surface area contributed by atoms with Crippen LogP contribution in [0.25, 0.3) is 0 Å². The minimum Gasteiger partial charge on any atom is -0.319 e. The molecule has 0 radical (unpaired) electrons. The molecule has 1 aliphatic carbocycles. The molecule has 0 aromatic heterocycles. The average molecular weight is 224 g/mol. The molecule has 2 fully saturated rings. The highest BCUT2D eigenvalue weighted by atomic mass is 15.1. The number of rotatable bonds is 5. The van der Waals surface area contributed by atoms with Gasteiger partial charge in [0.2, 0.25) is 0 Å². The second-order valence-electron chi connectivity index (χ2n) is 5.81. The SMILES string of the molecule is CNCC1CCCN(CCC2CCCC2)C1. The maximum absolute atomic E-state index is 3.33. The highest BCUT2D eigenvalue weighted by Gasteiger charge is 2.21. The third-order valence-electron chi connectivity index (χ3n) is 4.42. The Labute approximate surface area is 101 Å². The zero-order valence-corrected chi connectivity index (χ0v) is 10.9. The highest BCUT2D eigenvalue weighted by molar-refractivity contribution is 4.76. The summed E-state index contributed by atoms with van der Waals surface area (Å²) < 4.78 is 0.